The molecule has 4 rings (SSSR count). The Hall–Kier alpha value is -3.40. The molecule has 0 atom stereocenters. The summed E-state index contributed by atoms with van der Waals surface area (Å²) in [6.45, 7) is 0.462. The van der Waals surface area contributed by atoms with Gasteiger partial charge >= 0.3 is 0 Å². The average molecular weight is 342 g/mol. The summed E-state index contributed by atoms with van der Waals surface area (Å²) in [5.41, 5.74) is 2.46. The Bertz CT molecular complexity index is 1100. The molecule has 0 saturated carbocycles. The number of methoxy groups -OCH3 is 1. The van der Waals surface area contributed by atoms with E-state index < -0.39 is 0 Å². The van der Waals surface area contributed by atoms with Crippen molar-refractivity contribution in [2.75, 3.05) is 7.11 Å². The van der Waals surface area contributed by atoms with Gasteiger partial charge in [0, 0.05) is 5.56 Å². The molecule has 0 fully saturated rings. The van der Waals surface area contributed by atoms with Gasteiger partial charge in [-0.05, 0) is 17.7 Å². The number of rotatable bonds is 4. The molecule has 0 aliphatic rings. The Morgan fingerprint density at radius 1 is 0.885 bits per heavy atom. The summed E-state index contributed by atoms with van der Waals surface area (Å²) in [5, 5.41) is 0.556. The fourth-order valence-corrected chi connectivity index (χ4v) is 3.10. The summed E-state index contributed by atoms with van der Waals surface area (Å²) in [4.78, 5) is 18.1. The minimum absolute atomic E-state index is 0.0726. The van der Waals surface area contributed by atoms with E-state index in [1.54, 1.807) is 17.7 Å². The van der Waals surface area contributed by atoms with Gasteiger partial charge < -0.3 is 4.74 Å². The molecule has 0 aliphatic heterocycles. The van der Waals surface area contributed by atoms with Crippen molar-refractivity contribution in [1.82, 2.24) is 9.55 Å². The molecular weight excluding hydrogens is 324 g/mol. The van der Waals surface area contributed by atoms with Crippen molar-refractivity contribution in [2.45, 2.75) is 6.54 Å². The molecular formula is C22H18N2O2. The molecule has 0 radical (unpaired) electrons. The molecule has 0 N–H and O–H groups in total. The molecule has 3 aromatic carbocycles. The molecule has 1 aromatic heterocycles. The number of hydrogen-bond acceptors (Lipinski definition) is 3. The maximum absolute atomic E-state index is 13.3. The first-order valence-corrected chi connectivity index (χ1v) is 8.45. The predicted molar refractivity (Wildman–Crippen MR) is 104 cm³/mol. The second-order valence-electron chi connectivity index (χ2n) is 6.03. The predicted octanol–water partition coefficient (Wildman–Crippen LogP) is 4.12. The molecule has 4 aromatic rings. The Balaban J connectivity index is 2.02. The average Bonchev–Trinajstić information content (AvgIpc) is 2.71. The lowest BCUT2D eigenvalue weighted by Gasteiger charge is -2.15. The van der Waals surface area contributed by atoms with Crippen LogP contribution in [0.4, 0.5) is 0 Å². The smallest absolute Gasteiger partial charge is 0.262 e. The first-order chi connectivity index (χ1) is 12.8. The third-order valence-corrected chi connectivity index (χ3v) is 4.38. The quantitative estimate of drug-likeness (QED) is 0.560. The van der Waals surface area contributed by atoms with E-state index in [4.69, 9.17) is 9.72 Å². The van der Waals surface area contributed by atoms with Crippen molar-refractivity contribution in [1.29, 1.82) is 0 Å². The maximum Gasteiger partial charge on any atom is 0.262 e. The van der Waals surface area contributed by atoms with Gasteiger partial charge in [-0.2, -0.15) is 0 Å². The highest BCUT2D eigenvalue weighted by atomic mass is 16.5. The van der Waals surface area contributed by atoms with Gasteiger partial charge in [0.2, 0.25) is 0 Å². The molecule has 4 nitrogen and oxygen atoms in total. The first-order valence-electron chi connectivity index (χ1n) is 8.45. The molecule has 26 heavy (non-hydrogen) atoms. The molecule has 0 bridgehead atoms. The maximum atomic E-state index is 13.3. The molecule has 0 amide bonds. The van der Waals surface area contributed by atoms with E-state index >= 15 is 0 Å². The van der Waals surface area contributed by atoms with Crippen LogP contribution in [0.25, 0.3) is 22.3 Å². The van der Waals surface area contributed by atoms with Crippen LogP contribution in [0.2, 0.25) is 0 Å². The Morgan fingerprint density at radius 3 is 2.27 bits per heavy atom. The normalized spacial score (nSPS) is 10.8. The number of hydrogen-bond donors (Lipinski definition) is 0. The molecule has 4 heteroatoms. The largest absolute Gasteiger partial charge is 0.494 e. The number of nitrogens with zero attached hydrogens (tertiary/aromatic N) is 2. The number of aromatic nitrogens is 2. The molecule has 128 valence electrons. The van der Waals surface area contributed by atoms with Crippen molar-refractivity contribution in [3.8, 4) is 17.1 Å². The lowest BCUT2D eigenvalue weighted by atomic mass is 10.1. The van der Waals surface area contributed by atoms with Crippen LogP contribution in [0, 0.1) is 0 Å². The van der Waals surface area contributed by atoms with Crippen LogP contribution in [0.3, 0.4) is 0 Å². The van der Waals surface area contributed by atoms with Crippen LogP contribution >= 0.6 is 0 Å². The third-order valence-electron chi connectivity index (χ3n) is 4.38. The van der Waals surface area contributed by atoms with E-state index in [1.807, 2.05) is 72.8 Å². The zero-order valence-electron chi connectivity index (χ0n) is 14.4. The minimum atomic E-state index is -0.0726. The first kappa shape index (κ1) is 16.1. The van der Waals surface area contributed by atoms with Crippen LogP contribution in [-0.4, -0.2) is 16.7 Å². The van der Waals surface area contributed by atoms with Crippen LogP contribution in [0.5, 0.6) is 5.75 Å². The standard InChI is InChI=1S/C22H18N2O2/c1-26-19-14-8-13-18-20(19)23-21(17-11-6-3-7-12-17)24(22(18)25)15-16-9-4-2-5-10-16/h2-14H,15H2,1H3. The van der Waals surface area contributed by atoms with Crippen molar-refractivity contribution in [3.63, 3.8) is 0 Å². The Kier molecular flexibility index (Phi) is 4.23. The van der Waals surface area contributed by atoms with E-state index in [0.29, 0.717) is 29.0 Å². The van der Waals surface area contributed by atoms with Crippen molar-refractivity contribution in [3.05, 3.63) is 94.8 Å². The van der Waals surface area contributed by atoms with E-state index in [-0.39, 0.29) is 5.56 Å². The summed E-state index contributed by atoms with van der Waals surface area (Å²) in [6, 6.07) is 25.1. The van der Waals surface area contributed by atoms with E-state index in [9.17, 15) is 4.79 Å². The summed E-state index contributed by atoms with van der Waals surface area (Å²) in [5.74, 6) is 1.24. The van der Waals surface area contributed by atoms with Crippen LogP contribution in [-0.2, 0) is 6.54 Å². The molecule has 0 aliphatic carbocycles. The van der Waals surface area contributed by atoms with E-state index in [0.717, 1.165) is 11.1 Å². The van der Waals surface area contributed by atoms with Gasteiger partial charge in [0.15, 0.2) is 0 Å². The monoisotopic (exact) mass is 342 g/mol. The molecule has 0 unspecified atom stereocenters. The van der Waals surface area contributed by atoms with Crippen LogP contribution in [0.15, 0.2) is 83.7 Å². The highest BCUT2D eigenvalue weighted by Crippen LogP contribution is 2.25. The lowest BCUT2D eigenvalue weighted by Crippen LogP contribution is -2.24. The molecule has 0 spiro atoms. The van der Waals surface area contributed by atoms with Gasteiger partial charge in [0.05, 0.1) is 19.0 Å². The van der Waals surface area contributed by atoms with Crippen molar-refractivity contribution < 1.29 is 4.74 Å². The molecule has 1 heterocycles. The van der Waals surface area contributed by atoms with E-state index in [2.05, 4.69) is 0 Å². The third kappa shape index (κ3) is 2.86. The zero-order chi connectivity index (χ0) is 17.9. The molecule has 0 saturated heterocycles. The highest BCUT2D eigenvalue weighted by Gasteiger charge is 2.15. The summed E-state index contributed by atoms with van der Waals surface area (Å²) < 4.78 is 7.15. The second-order valence-corrected chi connectivity index (χ2v) is 6.03. The van der Waals surface area contributed by atoms with Gasteiger partial charge in [0.25, 0.3) is 5.56 Å². The van der Waals surface area contributed by atoms with Gasteiger partial charge in [-0.25, -0.2) is 4.98 Å². The van der Waals surface area contributed by atoms with Gasteiger partial charge in [-0.15, -0.1) is 0 Å². The summed E-state index contributed by atoms with van der Waals surface area (Å²) in [6.07, 6.45) is 0. The number of para-hydroxylation sites is 1. The van der Waals surface area contributed by atoms with Crippen molar-refractivity contribution in [2.24, 2.45) is 0 Å². The summed E-state index contributed by atoms with van der Waals surface area (Å²) >= 11 is 0. The fraction of sp³-hybridized carbons (Fsp3) is 0.0909. The summed E-state index contributed by atoms with van der Waals surface area (Å²) in [7, 11) is 1.59. The SMILES string of the molecule is COc1cccc2c(=O)n(Cc3ccccc3)c(-c3ccccc3)nc12. The van der Waals surface area contributed by atoms with Gasteiger partial charge in [-0.1, -0.05) is 66.7 Å². The Labute approximate surface area is 151 Å². The van der Waals surface area contributed by atoms with E-state index in [1.165, 1.54) is 0 Å². The highest BCUT2D eigenvalue weighted by molar-refractivity contribution is 5.85. The fourth-order valence-electron chi connectivity index (χ4n) is 3.10. The number of fused-ring (bicyclic) bond motifs is 1. The number of ether oxygens (including phenoxy) is 1. The topological polar surface area (TPSA) is 44.1 Å². The van der Waals surface area contributed by atoms with Gasteiger partial charge in [-0.3, -0.25) is 9.36 Å². The lowest BCUT2D eigenvalue weighted by molar-refractivity contribution is 0.418. The van der Waals surface area contributed by atoms with Crippen molar-refractivity contribution >= 4 is 10.9 Å². The zero-order valence-corrected chi connectivity index (χ0v) is 14.4. The minimum Gasteiger partial charge on any atom is -0.494 e. The van der Waals surface area contributed by atoms with Crippen LogP contribution < -0.4 is 10.3 Å². The van der Waals surface area contributed by atoms with Crippen LogP contribution in [0.1, 0.15) is 5.56 Å². The number of benzene rings is 3. The second kappa shape index (κ2) is 6.84. The Morgan fingerprint density at radius 2 is 1.58 bits per heavy atom. The van der Waals surface area contributed by atoms with Gasteiger partial charge in [0.1, 0.15) is 17.1 Å².